The molecule has 1 unspecified atom stereocenters. The highest BCUT2D eigenvalue weighted by atomic mass is 32.1. The Morgan fingerprint density at radius 3 is 2.69 bits per heavy atom. The van der Waals surface area contributed by atoms with Gasteiger partial charge in [-0.3, -0.25) is 0 Å². The molecule has 0 amide bonds. The number of nitriles is 1. The van der Waals surface area contributed by atoms with E-state index in [2.05, 4.69) is 12.6 Å². The average molecular weight is 197 g/mol. The van der Waals surface area contributed by atoms with E-state index in [9.17, 15) is 9.50 Å². The standard InChI is InChI=1S/C9H8FNOS/c1-5(13)8-3-7(10)2-6(4-11)9(8)12/h2-3,5,12-13H,1H3. The van der Waals surface area contributed by atoms with Gasteiger partial charge in [-0.05, 0) is 19.1 Å². The van der Waals surface area contributed by atoms with Gasteiger partial charge in [-0.2, -0.15) is 17.9 Å². The van der Waals surface area contributed by atoms with Crippen LogP contribution in [-0.4, -0.2) is 5.11 Å². The van der Waals surface area contributed by atoms with Gasteiger partial charge in [0.15, 0.2) is 0 Å². The number of hydrogen-bond acceptors (Lipinski definition) is 3. The van der Waals surface area contributed by atoms with E-state index in [1.807, 2.05) is 0 Å². The van der Waals surface area contributed by atoms with Crippen molar-refractivity contribution in [3.63, 3.8) is 0 Å². The van der Waals surface area contributed by atoms with Crippen LogP contribution >= 0.6 is 12.6 Å². The summed E-state index contributed by atoms with van der Waals surface area (Å²) in [6.45, 7) is 1.69. The van der Waals surface area contributed by atoms with Crippen molar-refractivity contribution in [3.8, 4) is 11.8 Å². The molecular formula is C9H8FNOS. The Balaban J connectivity index is 3.38. The second-order valence-electron chi connectivity index (χ2n) is 2.68. The summed E-state index contributed by atoms with van der Waals surface area (Å²) in [4.78, 5) is 0. The first-order valence-corrected chi connectivity index (χ1v) is 4.18. The molecule has 0 aromatic heterocycles. The predicted octanol–water partition coefficient (Wildman–Crippen LogP) is 2.39. The molecule has 0 saturated heterocycles. The van der Waals surface area contributed by atoms with Crippen molar-refractivity contribution in [2.24, 2.45) is 0 Å². The average Bonchev–Trinajstić information content (AvgIpc) is 2.08. The largest absolute Gasteiger partial charge is 0.506 e. The molecule has 1 aromatic carbocycles. The van der Waals surface area contributed by atoms with Crippen LogP contribution < -0.4 is 0 Å². The molecule has 1 atom stereocenters. The summed E-state index contributed by atoms with van der Waals surface area (Å²) >= 11 is 4.05. The molecule has 13 heavy (non-hydrogen) atoms. The van der Waals surface area contributed by atoms with Gasteiger partial charge in [-0.25, -0.2) is 4.39 Å². The number of aromatic hydroxyl groups is 1. The molecule has 1 aromatic rings. The zero-order chi connectivity index (χ0) is 10.0. The first-order chi connectivity index (χ1) is 6.06. The summed E-state index contributed by atoms with van der Waals surface area (Å²) < 4.78 is 12.9. The highest BCUT2D eigenvalue weighted by molar-refractivity contribution is 7.80. The van der Waals surface area contributed by atoms with E-state index in [-0.39, 0.29) is 16.6 Å². The van der Waals surface area contributed by atoms with Gasteiger partial charge in [0.1, 0.15) is 17.6 Å². The maximum atomic E-state index is 12.9. The van der Waals surface area contributed by atoms with Crippen LogP contribution in [0.4, 0.5) is 4.39 Å². The number of hydrogen-bond donors (Lipinski definition) is 2. The van der Waals surface area contributed by atoms with Crippen molar-refractivity contribution >= 4 is 12.6 Å². The summed E-state index contributed by atoms with van der Waals surface area (Å²) in [7, 11) is 0. The van der Waals surface area contributed by atoms with E-state index in [0.717, 1.165) is 6.07 Å². The fourth-order valence-electron chi connectivity index (χ4n) is 1.02. The van der Waals surface area contributed by atoms with Crippen LogP contribution in [0.15, 0.2) is 12.1 Å². The maximum Gasteiger partial charge on any atom is 0.137 e. The van der Waals surface area contributed by atoms with E-state index < -0.39 is 5.82 Å². The Morgan fingerprint density at radius 1 is 1.62 bits per heavy atom. The van der Waals surface area contributed by atoms with Crippen LogP contribution in [0.2, 0.25) is 0 Å². The third kappa shape index (κ3) is 1.93. The molecule has 0 aliphatic rings. The molecule has 0 saturated carbocycles. The van der Waals surface area contributed by atoms with Crippen LogP contribution in [0.3, 0.4) is 0 Å². The van der Waals surface area contributed by atoms with Gasteiger partial charge in [0.05, 0.1) is 5.56 Å². The van der Waals surface area contributed by atoms with E-state index >= 15 is 0 Å². The van der Waals surface area contributed by atoms with Crippen molar-refractivity contribution in [2.45, 2.75) is 12.2 Å². The molecule has 68 valence electrons. The lowest BCUT2D eigenvalue weighted by atomic mass is 10.1. The molecule has 4 heteroatoms. The third-order valence-electron chi connectivity index (χ3n) is 1.67. The van der Waals surface area contributed by atoms with E-state index in [4.69, 9.17) is 5.26 Å². The summed E-state index contributed by atoms with van der Waals surface area (Å²) in [5, 5.41) is 17.7. The minimum atomic E-state index is -0.537. The van der Waals surface area contributed by atoms with Gasteiger partial charge in [-0.15, -0.1) is 0 Å². The summed E-state index contributed by atoms with van der Waals surface area (Å²) in [5.41, 5.74) is 0.274. The van der Waals surface area contributed by atoms with Crippen molar-refractivity contribution in [1.82, 2.24) is 0 Å². The molecule has 1 rings (SSSR count). The third-order valence-corrected chi connectivity index (χ3v) is 1.95. The Bertz CT molecular complexity index is 371. The van der Waals surface area contributed by atoms with Gasteiger partial charge < -0.3 is 5.11 Å². The molecule has 2 nitrogen and oxygen atoms in total. The SMILES string of the molecule is CC(S)c1cc(F)cc(C#N)c1O. The highest BCUT2D eigenvalue weighted by Crippen LogP contribution is 2.31. The van der Waals surface area contributed by atoms with E-state index in [1.165, 1.54) is 6.07 Å². The van der Waals surface area contributed by atoms with Gasteiger partial charge in [0.25, 0.3) is 0 Å². The van der Waals surface area contributed by atoms with Gasteiger partial charge in [-0.1, -0.05) is 0 Å². The van der Waals surface area contributed by atoms with Crippen LogP contribution in [0.25, 0.3) is 0 Å². The predicted molar refractivity (Wildman–Crippen MR) is 50.2 cm³/mol. The lowest BCUT2D eigenvalue weighted by molar-refractivity contribution is 0.464. The lowest BCUT2D eigenvalue weighted by Gasteiger charge is -2.08. The molecule has 0 heterocycles. The second-order valence-corrected chi connectivity index (χ2v) is 3.45. The minimum absolute atomic E-state index is 0.0594. The van der Waals surface area contributed by atoms with E-state index in [0.29, 0.717) is 5.56 Å². The van der Waals surface area contributed by atoms with Crippen molar-refractivity contribution in [2.75, 3.05) is 0 Å². The molecule has 1 N–H and O–H groups in total. The molecule has 0 radical (unpaired) electrons. The maximum absolute atomic E-state index is 12.9. The molecule has 0 aliphatic heterocycles. The molecule has 0 spiro atoms. The number of nitrogens with zero attached hydrogens (tertiary/aromatic N) is 1. The highest BCUT2D eigenvalue weighted by Gasteiger charge is 2.12. The Kier molecular flexibility index (Phi) is 2.79. The quantitative estimate of drug-likeness (QED) is 0.679. The number of halogens is 1. The zero-order valence-electron chi connectivity index (χ0n) is 6.95. The Morgan fingerprint density at radius 2 is 2.23 bits per heavy atom. The number of phenols is 1. The van der Waals surface area contributed by atoms with Crippen LogP contribution in [0.1, 0.15) is 23.3 Å². The summed E-state index contributed by atoms with van der Waals surface area (Å²) in [6.07, 6.45) is 0. The second kappa shape index (κ2) is 3.67. The van der Waals surface area contributed by atoms with Crippen molar-refractivity contribution in [3.05, 3.63) is 29.1 Å². The fourth-order valence-corrected chi connectivity index (χ4v) is 1.22. The first kappa shape index (κ1) is 9.87. The minimum Gasteiger partial charge on any atom is -0.506 e. The van der Waals surface area contributed by atoms with Gasteiger partial charge in [0.2, 0.25) is 0 Å². The fraction of sp³-hybridized carbons (Fsp3) is 0.222. The van der Waals surface area contributed by atoms with Crippen LogP contribution in [-0.2, 0) is 0 Å². The summed E-state index contributed by atoms with van der Waals surface area (Å²) in [5.74, 6) is -0.725. The smallest absolute Gasteiger partial charge is 0.137 e. The monoisotopic (exact) mass is 197 g/mol. The van der Waals surface area contributed by atoms with Crippen LogP contribution in [0, 0.1) is 17.1 Å². The Labute approximate surface area is 81.0 Å². The van der Waals surface area contributed by atoms with Gasteiger partial charge in [0, 0.05) is 10.8 Å². The van der Waals surface area contributed by atoms with Gasteiger partial charge >= 0.3 is 0 Å². The Hall–Kier alpha value is -1.21. The topological polar surface area (TPSA) is 44.0 Å². The number of benzene rings is 1. The normalized spacial score (nSPS) is 12.2. The van der Waals surface area contributed by atoms with Crippen molar-refractivity contribution < 1.29 is 9.50 Å². The molecule has 0 aliphatic carbocycles. The van der Waals surface area contributed by atoms with E-state index in [1.54, 1.807) is 13.0 Å². The van der Waals surface area contributed by atoms with Crippen LogP contribution in [0.5, 0.6) is 5.75 Å². The first-order valence-electron chi connectivity index (χ1n) is 3.67. The number of thiol groups is 1. The lowest BCUT2D eigenvalue weighted by Crippen LogP contribution is -1.91. The number of phenolic OH excluding ortho intramolecular Hbond substituents is 1. The molecular weight excluding hydrogens is 189 g/mol. The zero-order valence-corrected chi connectivity index (χ0v) is 7.85. The molecule has 0 bridgehead atoms. The number of rotatable bonds is 1. The summed E-state index contributed by atoms with van der Waals surface area (Å²) in [6, 6.07) is 3.88. The van der Waals surface area contributed by atoms with Crippen molar-refractivity contribution in [1.29, 1.82) is 5.26 Å². The molecule has 0 fully saturated rings.